The molecule has 2 aromatic rings. The summed E-state index contributed by atoms with van der Waals surface area (Å²) in [5, 5.41) is 0. The average Bonchev–Trinajstić information content (AvgIpc) is 2.34. The highest BCUT2D eigenvalue weighted by Gasteiger charge is 1.99. The summed E-state index contributed by atoms with van der Waals surface area (Å²) < 4.78 is 1.16. The standard InChI is InChI=1S/C14H14N2O2/c1-11-10-13(17)16(14(18)15-11)9-5-8-12-6-3-2-4-7-12/h2-8,10H,9H2,1H3,(H,15,18)/b8-5+. The Kier molecular flexibility index (Phi) is 3.57. The fourth-order valence-corrected chi connectivity index (χ4v) is 1.67. The highest BCUT2D eigenvalue weighted by molar-refractivity contribution is 5.48. The van der Waals surface area contributed by atoms with Gasteiger partial charge < -0.3 is 4.98 Å². The van der Waals surface area contributed by atoms with E-state index in [0.717, 1.165) is 10.1 Å². The zero-order chi connectivity index (χ0) is 13.0. The minimum absolute atomic E-state index is 0.267. The van der Waals surface area contributed by atoms with Crippen LogP contribution in [0.3, 0.4) is 0 Å². The van der Waals surface area contributed by atoms with Crippen LogP contribution in [0.1, 0.15) is 11.3 Å². The number of hydrogen-bond donors (Lipinski definition) is 1. The topological polar surface area (TPSA) is 54.9 Å². The van der Waals surface area contributed by atoms with E-state index in [-0.39, 0.29) is 17.8 Å². The molecule has 1 N–H and O–H groups in total. The van der Waals surface area contributed by atoms with Crippen LogP contribution in [0.2, 0.25) is 0 Å². The third-order valence-electron chi connectivity index (χ3n) is 2.55. The van der Waals surface area contributed by atoms with Crippen molar-refractivity contribution >= 4 is 6.08 Å². The fourth-order valence-electron chi connectivity index (χ4n) is 1.67. The predicted molar refractivity (Wildman–Crippen MR) is 71.5 cm³/mol. The summed E-state index contributed by atoms with van der Waals surface area (Å²) in [5.41, 5.74) is 0.953. The van der Waals surface area contributed by atoms with Crippen LogP contribution in [0.25, 0.3) is 6.08 Å². The smallest absolute Gasteiger partial charge is 0.311 e. The molecule has 0 aliphatic heterocycles. The summed E-state index contributed by atoms with van der Waals surface area (Å²) >= 11 is 0. The van der Waals surface area contributed by atoms with Crippen molar-refractivity contribution in [2.45, 2.75) is 13.5 Å². The highest BCUT2D eigenvalue weighted by Crippen LogP contribution is 2.00. The molecule has 4 heteroatoms. The molecule has 18 heavy (non-hydrogen) atoms. The highest BCUT2D eigenvalue weighted by atomic mass is 16.2. The van der Waals surface area contributed by atoms with Crippen LogP contribution >= 0.6 is 0 Å². The molecule has 0 aliphatic carbocycles. The number of rotatable bonds is 3. The zero-order valence-corrected chi connectivity index (χ0v) is 10.1. The summed E-state index contributed by atoms with van der Waals surface area (Å²) in [5.74, 6) is 0. The number of allylic oxidation sites excluding steroid dienone is 1. The molecule has 0 saturated heterocycles. The molecule has 0 radical (unpaired) electrons. The number of H-pyrrole nitrogens is 1. The lowest BCUT2D eigenvalue weighted by molar-refractivity contribution is 0.708. The van der Waals surface area contributed by atoms with Gasteiger partial charge in [0, 0.05) is 18.3 Å². The lowest BCUT2D eigenvalue weighted by Crippen LogP contribution is -2.34. The van der Waals surface area contributed by atoms with Crippen LogP contribution in [0, 0.1) is 6.92 Å². The van der Waals surface area contributed by atoms with Crippen molar-refractivity contribution in [3.63, 3.8) is 0 Å². The number of aromatic amines is 1. The number of aryl methyl sites for hydroxylation is 1. The van der Waals surface area contributed by atoms with Crippen LogP contribution in [0.4, 0.5) is 0 Å². The van der Waals surface area contributed by atoms with Gasteiger partial charge in [0.15, 0.2) is 0 Å². The van der Waals surface area contributed by atoms with Gasteiger partial charge >= 0.3 is 5.69 Å². The molecular formula is C14H14N2O2. The molecule has 0 atom stereocenters. The Labute approximate surface area is 104 Å². The summed E-state index contributed by atoms with van der Waals surface area (Å²) in [6, 6.07) is 11.1. The van der Waals surface area contributed by atoms with Crippen molar-refractivity contribution in [2.24, 2.45) is 0 Å². The molecule has 1 aromatic carbocycles. The molecule has 0 saturated carbocycles. The van der Waals surface area contributed by atoms with Crippen molar-refractivity contribution in [3.05, 3.63) is 74.6 Å². The lowest BCUT2D eigenvalue weighted by Gasteiger charge is -2.00. The molecule has 0 bridgehead atoms. The van der Waals surface area contributed by atoms with E-state index >= 15 is 0 Å². The zero-order valence-electron chi connectivity index (χ0n) is 10.1. The van der Waals surface area contributed by atoms with Gasteiger partial charge in [0.05, 0.1) is 0 Å². The van der Waals surface area contributed by atoms with E-state index in [9.17, 15) is 9.59 Å². The first kappa shape index (κ1) is 12.1. The molecular weight excluding hydrogens is 228 g/mol. The van der Waals surface area contributed by atoms with Gasteiger partial charge in [-0.05, 0) is 12.5 Å². The van der Waals surface area contributed by atoms with Crippen LogP contribution in [0.5, 0.6) is 0 Å². The van der Waals surface area contributed by atoms with Crippen LogP contribution in [-0.2, 0) is 6.54 Å². The molecule has 0 fully saturated rings. The van der Waals surface area contributed by atoms with Gasteiger partial charge in [-0.25, -0.2) is 4.79 Å². The Hall–Kier alpha value is -2.36. The maximum atomic E-state index is 11.6. The van der Waals surface area contributed by atoms with Crippen LogP contribution in [-0.4, -0.2) is 9.55 Å². The van der Waals surface area contributed by atoms with E-state index in [0.29, 0.717) is 5.69 Å². The molecule has 1 aromatic heterocycles. The SMILES string of the molecule is Cc1cc(=O)n(C/C=C/c2ccccc2)c(=O)[nH]1. The Morgan fingerprint density at radius 2 is 1.94 bits per heavy atom. The Bertz CT molecular complexity index is 635. The fraction of sp³-hybridized carbons (Fsp3) is 0.143. The Balaban J connectivity index is 2.19. The van der Waals surface area contributed by atoms with Gasteiger partial charge in [0.2, 0.25) is 0 Å². The van der Waals surface area contributed by atoms with Gasteiger partial charge in [-0.3, -0.25) is 9.36 Å². The van der Waals surface area contributed by atoms with Gasteiger partial charge in [0.25, 0.3) is 5.56 Å². The van der Waals surface area contributed by atoms with Crippen molar-refractivity contribution in [2.75, 3.05) is 0 Å². The predicted octanol–water partition coefficient (Wildman–Crippen LogP) is 1.56. The maximum Gasteiger partial charge on any atom is 0.328 e. The first-order valence-corrected chi connectivity index (χ1v) is 5.69. The Morgan fingerprint density at radius 3 is 2.61 bits per heavy atom. The third-order valence-corrected chi connectivity index (χ3v) is 2.55. The van der Waals surface area contributed by atoms with Crippen molar-refractivity contribution < 1.29 is 0 Å². The molecule has 0 amide bonds. The lowest BCUT2D eigenvalue weighted by atomic mass is 10.2. The quantitative estimate of drug-likeness (QED) is 0.888. The second kappa shape index (κ2) is 5.31. The average molecular weight is 242 g/mol. The van der Waals surface area contributed by atoms with Crippen LogP contribution in [0.15, 0.2) is 52.1 Å². The van der Waals surface area contributed by atoms with E-state index in [2.05, 4.69) is 4.98 Å². The van der Waals surface area contributed by atoms with E-state index in [4.69, 9.17) is 0 Å². The number of benzene rings is 1. The van der Waals surface area contributed by atoms with Gasteiger partial charge in [-0.15, -0.1) is 0 Å². The van der Waals surface area contributed by atoms with Crippen LogP contribution < -0.4 is 11.2 Å². The van der Waals surface area contributed by atoms with E-state index in [1.54, 1.807) is 13.0 Å². The summed E-state index contributed by atoms with van der Waals surface area (Å²) in [6.45, 7) is 1.95. The van der Waals surface area contributed by atoms with Gasteiger partial charge in [-0.2, -0.15) is 0 Å². The minimum atomic E-state index is -0.377. The maximum absolute atomic E-state index is 11.6. The van der Waals surface area contributed by atoms with E-state index in [1.807, 2.05) is 36.4 Å². The van der Waals surface area contributed by atoms with E-state index < -0.39 is 0 Å². The van der Waals surface area contributed by atoms with E-state index in [1.165, 1.54) is 6.07 Å². The van der Waals surface area contributed by atoms with Crippen molar-refractivity contribution in [3.8, 4) is 0 Å². The molecule has 1 heterocycles. The number of aromatic nitrogens is 2. The minimum Gasteiger partial charge on any atom is -0.311 e. The largest absolute Gasteiger partial charge is 0.328 e. The molecule has 92 valence electrons. The second-order valence-corrected chi connectivity index (χ2v) is 4.02. The molecule has 0 unspecified atom stereocenters. The monoisotopic (exact) mass is 242 g/mol. The molecule has 2 rings (SSSR count). The normalized spacial score (nSPS) is 10.9. The first-order chi connectivity index (χ1) is 8.66. The summed E-state index contributed by atoms with van der Waals surface area (Å²) in [4.78, 5) is 25.8. The number of nitrogens with one attached hydrogen (secondary N) is 1. The molecule has 0 spiro atoms. The molecule has 0 aliphatic rings. The number of hydrogen-bond acceptors (Lipinski definition) is 2. The first-order valence-electron chi connectivity index (χ1n) is 5.69. The summed E-state index contributed by atoms with van der Waals surface area (Å²) in [7, 11) is 0. The van der Waals surface area contributed by atoms with Gasteiger partial charge in [0.1, 0.15) is 0 Å². The number of nitrogens with zero attached hydrogens (tertiary/aromatic N) is 1. The Morgan fingerprint density at radius 1 is 1.22 bits per heavy atom. The molecule has 4 nitrogen and oxygen atoms in total. The third kappa shape index (κ3) is 2.85. The van der Waals surface area contributed by atoms with Crippen molar-refractivity contribution in [1.29, 1.82) is 0 Å². The summed E-state index contributed by atoms with van der Waals surface area (Å²) in [6.07, 6.45) is 3.67. The van der Waals surface area contributed by atoms with Gasteiger partial charge in [-0.1, -0.05) is 42.5 Å². The van der Waals surface area contributed by atoms with Crippen molar-refractivity contribution in [1.82, 2.24) is 9.55 Å². The second-order valence-electron chi connectivity index (χ2n) is 4.02.